The molecule has 3 fully saturated rings. The first-order chi connectivity index (χ1) is 25.7. The number of alkyl halides is 4. The Kier molecular flexibility index (Phi) is 10.1. The van der Waals surface area contributed by atoms with Crippen molar-refractivity contribution >= 4 is 49.6 Å². The van der Waals surface area contributed by atoms with Gasteiger partial charge in [-0.3, -0.25) is 14.6 Å². The van der Waals surface area contributed by atoms with Crippen LogP contribution in [0.4, 0.5) is 37.2 Å². The number of benzene rings is 2. The number of thiophene rings is 1. The number of ether oxygens (including phenoxy) is 1. The predicted molar refractivity (Wildman–Crippen MR) is 194 cm³/mol. The van der Waals surface area contributed by atoms with Gasteiger partial charge < -0.3 is 20.3 Å². The number of fused-ring (bicyclic) bond motifs is 3. The Hall–Kier alpha value is -4.40. The van der Waals surface area contributed by atoms with E-state index in [0.29, 0.717) is 50.4 Å². The highest BCUT2D eigenvalue weighted by atomic mass is 32.1. The van der Waals surface area contributed by atoms with Crippen molar-refractivity contribution in [1.29, 1.82) is 5.26 Å². The van der Waals surface area contributed by atoms with E-state index in [1.54, 1.807) is 9.80 Å². The molecule has 2 N–H and O–H groups in total. The van der Waals surface area contributed by atoms with E-state index in [-0.39, 0.29) is 81.6 Å². The number of amides is 1. The second kappa shape index (κ2) is 14.3. The summed E-state index contributed by atoms with van der Waals surface area (Å²) >= 11 is 0.687. The van der Waals surface area contributed by atoms with Crippen LogP contribution in [0, 0.1) is 23.0 Å². The van der Waals surface area contributed by atoms with Gasteiger partial charge in [-0.25, -0.2) is 13.2 Å². The summed E-state index contributed by atoms with van der Waals surface area (Å²) in [6, 6.07) is 3.92. The number of hydrogen-bond acceptors (Lipinski definition) is 10. The first kappa shape index (κ1) is 37.9. The lowest BCUT2D eigenvalue weighted by Gasteiger charge is -2.32. The van der Waals surface area contributed by atoms with Crippen molar-refractivity contribution in [3.05, 3.63) is 41.0 Å². The molecule has 0 radical (unpaired) electrons. The van der Waals surface area contributed by atoms with Gasteiger partial charge in [0.1, 0.15) is 41.0 Å². The molecule has 3 saturated heterocycles. The zero-order chi connectivity index (χ0) is 38.7. The first-order valence-corrected chi connectivity index (χ1v) is 18.8. The Morgan fingerprint density at radius 1 is 1.20 bits per heavy atom. The van der Waals surface area contributed by atoms with Gasteiger partial charge in [-0.2, -0.15) is 28.4 Å². The van der Waals surface area contributed by atoms with Crippen molar-refractivity contribution in [2.75, 3.05) is 63.6 Å². The number of nitrogen functional groups attached to an aromatic ring is 1. The number of aromatic nitrogens is 2. The summed E-state index contributed by atoms with van der Waals surface area (Å²) in [6.45, 7) is 6.31. The maximum atomic E-state index is 17.3. The van der Waals surface area contributed by atoms with Gasteiger partial charge in [0.05, 0.1) is 21.4 Å². The Morgan fingerprint density at radius 2 is 1.98 bits per heavy atom. The van der Waals surface area contributed by atoms with E-state index in [2.05, 4.69) is 14.9 Å². The summed E-state index contributed by atoms with van der Waals surface area (Å²) in [5.74, 6) is -2.16. The average molecular weight is 775 g/mol. The van der Waals surface area contributed by atoms with Gasteiger partial charge in [-0.05, 0) is 64.4 Å². The predicted octanol–water partition coefficient (Wildman–Crippen LogP) is 6.59. The topological polar surface area (TPSA) is 115 Å². The van der Waals surface area contributed by atoms with E-state index in [4.69, 9.17) is 10.5 Å². The van der Waals surface area contributed by atoms with Crippen LogP contribution in [0.2, 0.25) is 0 Å². The third-order valence-corrected chi connectivity index (χ3v) is 12.4. The van der Waals surface area contributed by atoms with Gasteiger partial charge in [-0.1, -0.05) is 6.07 Å². The normalized spacial score (nSPS) is 23.3. The summed E-state index contributed by atoms with van der Waals surface area (Å²) in [7, 11) is 1.90. The molecule has 3 aliphatic rings. The van der Waals surface area contributed by atoms with Crippen LogP contribution in [-0.2, 0) is 11.0 Å². The second-order valence-electron chi connectivity index (χ2n) is 14.4. The Bertz CT molecular complexity index is 2140. The lowest BCUT2D eigenvalue weighted by molar-refractivity contribution is -0.137. The molecule has 54 heavy (non-hydrogen) atoms. The number of rotatable bonds is 11. The number of halogens is 6. The molecule has 3 aliphatic heterocycles. The molecule has 1 amide bonds. The van der Waals surface area contributed by atoms with Gasteiger partial charge in [0.25, 0.3) is 0 Å². The third-order valence-electron chi connectivity index (χ3n) is 11.3. The van der Waals surface area contributed by atoms with Gasteiger partial charge in [0, 0.05) is 67.6 Å². The van der Waals surface area contributed by atoms with Crippen LogP contribution >= 0.6 is 11.3 Å². The summed E-state index contributed by atoms with van der Waals surface area (Å²) in [4.78, 5) is 28.2. The fraction of sp³-hybridized carbons (Fsp3) is 0.514. The lowest BCUT2D eigenvalue weighted by atomic mass is 9.92. The van der Waals surface area contributed by atoms with Crippen LogP contribution < -0.4 is 15.4 Å². The van der Waals surface area contributed by atoms with Crippen molar-refractivity contribution in [2.45, 2.75) is 69.5 Å². The number of nitrogens with zero attached hydrogens (tertiary/aromatic N) is 7. The van der Waals surface area contributed by atoms with Crippen LogP contribution in [0.5, 0.6) is 6.01 Å². The number of nitrogens with two attached hydrogens (primary N) is 1. The minimum Gasteiger partial charge on any atom is -0.461 e. The fourth-order valence-corrected chi connectivity index (χ4v) is 9.66. The molecule has 288 valence electrons. The number of hydrogen-bond donors (Lipinski definition) is 1. The Labute approximate surface area is 312 Å². The minimum atomic E-state index is -5.11. The van der Waals surface area contributed by atoms with Crippen LogP contribution in [0.25, 0.3) is 32.1 Å². The molecule has 17 heteroatoms. The average Bonchev–Trinajstić information content (AvgIpc) is 3.87. The van der Waals surface area contributed by atoms with Crippen molar-refractivity contribution < 1.29 is 35.9 Å². The molecule has 0 aliphatic carbocycles. The fourth-order valence-electron chi connectivity index (χ4n) is 8.71. The summed E-state index contributed by atoms with van der Waals surface area (Å²) < 4.78 is 98.4. The molecule has 0 spiro atoms. The summed E-state index contributed by atoms with van der Waals surface area (Å²) in [5, 5.41) is 9.32. The highest BCUT2D eigenvalue weighted by Crippen LogP contribution is 2.48. The Morgan fingerprint density at radius 3 is 2.67 bits per heavy atom. The van der Waals surface area contributed by atoms with Crippen molar-refractivity contribution in [3.8, 4) is 23.2 Å². The number of carbonyl (C=O) groups excluding carboxylic acids is 1. The number of anilines is 2. The van der Waals surface area contributed by atoms with E-state index in [9.17, 15) is 14.4 Å². The van der Waals surface area contributed by atoms with Crippen LogP contribution in [0.3, 0.4) is 0 Å². The molecule has 5 heterocycles. The number of likely N-dealkylation sites (tertiary alicyclic amines) is 1. The molecule has 7 rings (SSSR count). The maximum Gasteiger partial charge on any atom is 0.417 e. The number of likely N-dealkylation sites (N-methyl/N-ethyl adjacent to an activating group) is 3. The van der Waals surface area contributed by atoms with E-state index in [1.165, 1.54) is 0 Å². The molecular formula is C37H40F6N8O2S. The SMILES string of the molecule is CCN(C=O)CC1CC(N(CC)c2nc(OCC34CCCN3CC(F)C4)nc3c(F)c(-c4ccc(F)c5sc(N)c(C#N)c45)c(C(F)(F)F)cc23)CN1C. The van der Waals surface area contributed by atoms with E-state index < -0.39 is 46.2 Å². The summed E-state index contributed by atoms with van der Waals surface area (Å²) in [6.07, 6.45) is -3.12. The lowest BCUT2D eigenvalue weighted by Crippen LogP contribution is -2.43. The van der Waals surface area contributed by atoms with Gasteiger partial charge in [0.2, 0.25) is 6.41 Å². The van der Waals surface area contributed by atoms with E-state index in [0.717, 1.165) is 31.0 Å². The first-order valence-electron chi connectivity index (χ1n) is 17.9. The number of carbonyl (C=O) groups is 1. The van der Waals surface area contributed by atoms with E-state index >= 15 is 22.0 Å². The third kappa shape index (κ3) is 6.45. The van der Waals surface area contributed by atoms with Gasteiger partial charge in [-0.15, -0.1) is 11.3 Å². The Balaban J connectivity index is 1.43. The van der Waals surface area contributed by atoms with Gasteiger partial charge in [0.15, 0.2) is 5.82 Å². The monoisotopic (exact) mass is 774 g/mol. The van der Waals surface area contributed by atoms with Crippen LogP contribution in [0.1, 0.15) is 50.7 Å². The molecule has 2 aromatic carbocycles. The smallest absolute Gasteiger partial charge is 0.417 e. The zero-order valence-electron chi connectivity index (χ0n) is 30.0. The molecule has 10 nitrogen and oxygen atoms in total. The highest BCUT2D eigenvalue weighted by Gasteiger charge is 2.49. The molecule has 0 saturated carbocycles. The minimum absolute atomic E-state index is 0.00924. The van der Waals surface area contributed by atoms with E-state index in [1.807, 2.05) is 31.9 Å². The van der Waals surface area contributed by atoms with Crippen molar-refractivity contribution in [1.82, 2.24) is 24.7 Å². The second-order valence-corrected chi connectivity index (χ2v) is 15.5. The molecular weight excluding hydrogens is 735 g/mol. The molecule has 4 aromatic rings. The number of nitriles is 1. The van der Waals surface area contributed by atoms with Crippen molar-refractivity contribution in [2.24, 2.45) is 0 Å². The molecule has 0 bridgehead atoms. The maximum absolute atomic E-state index is 17.3. The molecule has 4 atom stereocenters. The zero-order valence-corrected chi connectivity index (χ0v) is 30.8. The summed E-state index contributed by atoms with van der Waals surface area (Å²) in [5.41, 5.74) is 1.99. The molecule has 4 unspecified atom stereocenters. The van der Waals surface area contributed by atoms with Gasteiger partial charge >= 0.3 is 12.2 Å². The quantitative estimate of drug-likeness (QED) is 0.133. The largest absolute Gasteiger partial charge is 0.461 e. The van der Waals surface area contributed by atoms with Crippen molar-refractivity contribution in [3.63, 3.8) is 0 Å². The standard InChI is InChI=1S/C37H40F6N8O2S/c1-4-49(19-52)17-21-11-22(16-48(21)3)51(5-2)34-24-12-26(37(41,42)43)29(23-7-8-27(39)32-28(23)25(14-44)33(45)54-32)30(40)31(24)46-35(47-34)53-18-36-9-6-10-50(36)15-20(38)13-36/h7-8,12,19-22H,4-6,9-11,13,15-18,45H2,1-3H3. The molecule has 2 aromatic heterocycles. The van der Waals surface area contributed by atoms with Crippen LogP contribution in [0.15, 0.2) is 18.2 Å². The van der Waals surface area contributed by atoms with Crippen LogP contribution in [-0.4, -0.2) is 108 Å². The highest BCUT2D eigenvalue weighted by molar-refractivity contribution is 7.23.